The highest BCUT2D eigenvalue weighted by Gasteiger charge is 2.38. The fourth-order valence-electron chi connectivity index (χ4n) is 0.940. The molecule has 0 amide bonds. The predicted octanol–water partition coefficient (Wildman–Crippen LogP) is -0.714. The van der Waals surface area contributed by atoms with Gasteiger partial charge >= 0.3 is 11.9 Å². The van der Waals surface area contributed by atoms with Gasteiger partial charge in [0.25, 0.3) is 0 Å². The third kappa shape index (κ3) is 4.44. The van der Waals surface area contributed by atoms with E-state index in [0.29, 0.717) is 0 Å². The Labute approximate surface area is 102 Å². The molecule has 1 rings (SSSR count). The Balaban J connectivity index is 0.000000411. The highest BCUT2D eigenvalue weighted by Crippen LogP contribution is 2.20. The van der Waals surface area contributed by atoms with Crippen LogP contribution in [0.1, 0.15) is 6.92 Å². The fraction of sp³-hybridized carbons (Fsp3) is 0.400. The molecule has 0 radical (unpaired) electrons. The van der Waals surface area contributed by atoms with E-state index < -0.39 is 36.3 Å². The van der Waals surface area contributed by atoms with Crippen molar-refractivity contribution in [3.63, 3.8) is 0 Å². The van der Waals surface area contributed by atoms with Crippen molar-refractivity contribution in [2.75, 3.05) is 6.61 Å². The van der Waals surface area contributed by atoms with E-state index in [-0.39, 0.29) is 5.97 Å². The topological polar surface area (TPSA) is 134 Å². The summed E-state index contributed by atoms with van der Waals surface area (Å²) >= 11 is 0. The van der Waals surface area contributed by atoms with E-state index >= 15 is 0 Å². The standard InChI is InChI=1S/C6H8O6.C4H6O2/c7-1-2(8)5-3(9)4(10)6(11)12-5;1-3-6-4(2)5/h2,5,7-10H,1H2;3H,1H2,2H3/t2?,5-;/m1./s1. The molecule has 2 atom stereocenters. The third-order valence-corrected chi connectivity index (χ3v) is 1.73. The number of cyclic esters (lactones) is 1. The molecule has 0 aromatic carbocycles. The average Bonchev–Trinajstić information content (AvgIpc) is 2.57. The van der Waals surface area contributed by atoms with E-state index in [2.05, 4.69) is 16.1 Å². The van der Waals surface area contributed by atoms with Crippen LogP contribution in [0.4, 0.5) is 0 Å². The summed E-state index contributed by atoms with van der Waals surface area (Å²) in [6.07, 6.45) is -1.68. The summed E-state index contributed by atoms with van der Waals surface area (Å²) in [5.41, 5.74) is 0. The number of aliphatic hydroxyl groups is 4. The van der Waals surface area contributed by atoms with Crippen molar-refractivity contribution in [2.24, 2.45) is 0 Å². The van der Waals surface area contributed by atoms with Crippen molar-refractivity contribution in [3.8, 4) is 0 Å². The molecule has 1 heterocycles. The minimum atomic E-state index is -1.42. The molecule has 0 aliphatic carbocycles. The Morgan fingerprint density at radius 1 is 1.61 bits per heavy atom. The zero-order chi connectivity index (χ0) is 14.3. The van der Waals surface area contributed by atoms with Gasteiger partial charge in [-0.25, -0.2) is 4.79 Å². The molecular formula is C10H14O8. The summed E-state index contributed by atoms with van der Waals surface area (Å²) in [5, 5.41) is 35.0. The van der Waals surface area contributed by atoms with Crippen LogP contribution in [0.25, 0.3) is 0 Å². The number of esters is 2. The summed E-state index contributed by atoms with van der Waals surface area (Å²) in [6, 6.07) is 0. The molecule has 1 aliphatic rings. The second kappa shape index (κ2) is 7.30. The van der Waals surface area contributed by atoms with Crippen LogP contribution in [0.15, 0.2) is 24.4 Å². The predicted molar refractivity (Wildman–Crippen MR) is 57.2 cm³/mol. The Morgan fingerprint density at radius 2 is 2.17 bits per heavy atom. The molecule has 8 heteroatoms. The molecule has 4 N–H and O–H groups in total. The fourth-order valence-corrected chi connectivity index (χ4v) is 0.940. The van der Waals surface area contributed by atoms with Gasteiger partial charge in [0.2, 0.25) is 5.76 Å². The van der Waals surface area contributed by atoms with Crippen LogP contribution < -0.4 is 0 Å². The molecule has 18 heavy (non-hydrogen) atoms. The number of rotatable bonds is 3. The molecule has 1 aliphatic heterocycles. The van der Waals surface area contributed by atoms with E-state index in [1.54, 1.807) is 0 Å². The molecule has 8 nitrogen and oxygen atoms in total. The van der Waals surface area contributed by atoms with E-state index in [4.69, 9.17) is 20.4 Å². The highest BCUT2D eigenvalue weighted by molar-refractivity contribution is 5.89. The van der Waals surface area contributed by atoms with Crippen LogP contribution >= 0.6 is 0 Å². The van der Waals surface area contributed by atoms with Crippen molar-refractivity contribution < 1.29 is 39.5 Å². The molecular weight excluding hydrogens is 248 g/mol. The van der Waals surface area contributed by atoms with Gasteiger partial charge < -0.3 is 29.9 Å². The van der Waals surface area contributed by atoms with Crippen LogP contribution in [-0.2, 0) is 19.1 Å². The van der Waals surface area contributed by atoms with Crippen molar-refractivity contribution in [1.29, 1.82) is 0 Å². The molecule has 0 saturated heterocycles. The molecule has 102 valence electrons. The van der Waals surface area contributed by atoms with Crippen LogP contribution in [0.2, 0.25) is 0 Å². The van der Waals surface area contributed by atoms with Gasteiger partial charge in [0.15, 0.2) is 11.9 Å². The molecule has 0 bridgehead atoms. The van der Waals surface area contributed by atoms with E-state index in [1.807, 2.05) is 0 Å². The average molecular weight is 262 g/mol. The molecule has 0 aromatic rings. The molecule has 0 aromatic heterocycles. The van der Waals surface area contributed by atoms with Crippen LogP contribution in [0, 0.1) is 0 Å². The van der Waals surface area contributed by atoms with Gasteiger partial charge in [0, 0.05) is 6.92 Å². The second-order valence-corrected chi connectivity index (χ2v) is 3.09. The molecule has 0 saturated carbocycles. The van der Waals surface area contributed by atoms with Crippen molar-refractivity contribution in [3.05, 3.63) is 24.4 Å². The lowest BCUT2D eigenvalue weighted by Crippen LogP contribution is -2.31. The second-order valence-electron chi connectivity index (χ2n) is 3.09. The maximum absolute atomic E-state index is 10.5. The molecule has 0 spiro atoms. The number of ether oxygens (including phenoxy) is 2. The number of carbonyl (C=O) groups excluding carboxylic acids is 2. The Morgan fingerprint density at radius 3 is 2.39 bits per heavy atom. The largest absolute Gasteiger partial charge is 0.505 e. The van der Waals surface area contributed by atoms with Gasteiger partial charge in [0.1, 0.15) is 6.10 Å². The lowest BCUT2D eigenvalue weighted by molar-refractivity contribution is -0.147. The Kier molecular flexibility index (Phi) is 6.47. The minimum absolute atomic E-state index is 0.329. The van der Waals surface area contributed by atoms with Crippen LogP contribution in [0.3, 0.4) is 0 Å². The van der Waals surface area contributed by atoms with Gasteiger partial charge in [-0.1, -0.05) is 6.58 Å². The lowest BCUT2D eigenvalue weighted by atomic mass is 10.2. The summed E-state index contributed by atoms with van der Waals surface area (Å²) in [5.74, 6) is -3.11. The molecule has 0 fully saturated rings. The lowest BCUT2D eigenvalue weighted by Gasteiger charge is -2.13. The summed E-state index contributed by atoms with van der Waals surface area (Å²) in [6.45, 7) is 3.81. The van der Waals surface area contributed by atoms with E-state index in [9.17, 15) is 9.59 Å². The highest BCUT2D eigenvalue weighted by atomic mass is 16.6. The van der Waals surface area contributed by atoms with Crippen molar-refractivity contribution in [1.82, 2.24) is 0 Å². The van der Waals surface area contributed by atoms with E-state index in [1.165, 1.54) is 6.92 Å². The first-order valence-corrected chi connectivity index (χ1v) is 4.75. The van der Waals surface area contributed by atoms with Gasteiger partial charge in [-0.2, -0.15) is 0 Å². The minimum Gasteiger partial charge on any atom is -0.505 e. The smallest absolute Gasteiger partial charge is 0.377 e. The number of aliphatic hydroxyl groups excluding tert-OH is 4. The maximum Gasteiger partial charge on any atom is 0.377 e. The zero-order valence-electron chi connectivity index (χ0n) is 9.57. The van der Waals surface area contributed by atoms with Crippen LogP contribution in [0.5, 0.6) is 0 Å². The van der Waals surface area contributed by atoms with Gasteiger partial charge in [-0.3, -0.25) is 4.79 Å². The Bertz CT molecular complexity index is 359. The summed E-state index contributed by atoms with van der Waals surface area (Å²) in [7, 11) is 0. The van der Waals surface area contributed by atoms with E-state index in [0.717, 1.165) is 6.26 Å². The molecule has 1 unspecified atom stereocenters. The zero-order valence-corrected chi connectivity index (χ0v) is 9.57. The first-order valence-electron chi connectivity index (χ1n) is 4.75. The number of carbonyl (C=O) groups is 2. The first-order chi connectivity index (χ1) is 8.34. The number of hydrogen-bond donors (Lipinski definition) is 4. The SMILES string of the molecule is C=COC(C)=O.O=C1O[C@H](C(O)CO)C(O)=C1O. The third-order valence-electron chi connectivity index (χ3n) is 1.73. The normalized spacial score (nSPS) is 19.5. The first kappa shape index (κ1) is 15.9. The van der Waals surface area contributed by atoms with Gasteiger partial charge in [0.05, 0.1) is 12.9 Å². The Hall–Kier alpha value is -2.06. The van der Waals surface area contributed by atoms with Gasteiger partial charge in [-0.15, -0.1) is 0 Å². The quantitative estimate of drug-likeness (QED) is 0.387. The van der Waals surface area contributed by atoms with Crippen molar-refractivity contribution >= 4 is 11.9 Å². The number of hydrogen-bond acceptors (Lipinski definition) is 8. The van der Waals surface area contributed by atoms with Gasteiger partial charge in [-0.05, 0) is 0 Å². The maximum atomic E-state index is 10.5. The summed E-state index contributed by atoms with van der Waals surface area (Å²) < 4.78 is 8.48. The summed E-state index contributed by atoms with van der Waals surface area (Å²) in [4.78, 5) is 20.3. The monoisotopic (exact) mass is 262 g/mol. The van der Waals surface area contributed by atoms with Crippen molar-refractivity contribution in [2.45, 2.75) is 19.1 Å². The van der Waals surface area contributed by atoms with Crippen LogP contribution in [-0.4, -0.2) is 51.2 Å².